The van der Waals surface area contributed by atoms with Crippen LogP contribution >= 0.6 is 11.8 Å². The van der Waals surface area contributed by atoms with Crippen LogP contribution in [0.15, 0.2) is 44.8 Å². The number of hydrogen-bond acceptors (Lipinski definition) is 7. The van der Waals surface area contributed by atoms with Crippen LogP contribution in [0.4, 0.5) is 5.69 Å². The summed E-state index contributed by atoms with van der Waals surface area (Å²) in [6, 6.07) is 7.06. The van der Waals surface area contributed by atoms with Crippen molar-refractivity contribution in [2.45, 2.75) is 23.7 Å². The highest BCUT2D eigenvalue weighted by molar-refractivity contribution is 8.00. The van der Waals surface area contributed by atoms with Gasteiger partial charge in [0.05, 0.1) is 10.6 Å². The lowest BCUT2D eigenvalue weighted by Gasteiger charge is -2.13. The molecular formula is C16H17N3O6S. The highest BCUT2D eigenvalue weighted by atomic mass is 32.2. The van der Waals surface area contributed by atoms with Crippen molar-refractivity contribution in [1.82, 2.24) is 9.13 Å². The Balaban J connectivity index is 2.00. The maximum atomic E-state index is 12.1. The molecule has 0 aliphatic heterocycles. The fourth-order valence-corrected chi connectivity index (χ4v) is 2.94. The third kappa shape index (κ3) is 4.39. The fourth-order valence-electron chi connectivity index (χ4n) is 2.08. The molecule has 1 heterocycles. The van der Waals surface area contributed by atoms with Gasteiger partial charge in [-0.15, -0.1) is 11.8 Å². The van der Waals surface area contributed by atoms with E-state index in [9.17, 15) is 24.5 Å². The average molecular weight is 379 g/mol. The van der Waals surface area contributed by atoms with Crippen LogP contribution in [-0.2, 0) is 30.2 Å². The Labute approximate surface area is 152 Å². The normalized spacial score (nSPS) is 11.8. The van der Waals surface area contributed by atoms with Crippen molar-refractivity contribution in [3.8, 4) is 0 Å². The molecular weight excluding hydrogens is 362 g/mol. The minimum atomic E-state index is -0.569. The van der Waals surface area contributed by atoms with Crippen LogP contribution in [0, 0.1) is 10.1 Å². The van der Waals surface area contributed by atoms with Crippen molar-refractivity contribution < 1.29 is 14.5 Å². The quantitative estimate of drug-likeness (QED) is 0.321. The van der Waals surface area contributed by atoms with Crippen molar-refractivity contribution >= 4 is 23.4 Å². The monoisotopic (exact) mass is 379 g/mol. The Morgan fingerprint density at radius 1 is 1.23 bits per heavy atom. The van der Waals surface area contributed by atoms with Gasteiger partial charge in [0.2, 0.25) is 0 Å². The molecule has 0 aliphatic rings. The molecule has 0 unspecified atom stereocenters. The molecule has 2 aromatic rings. The summed E-state index contributed by atoms with van der Waals surface area (Å²) in [6.45, 7) is 1.43. The maximum absolute atomic E-state index is 12.1. The van der Waals surface area contributed by atoms with Crippen molar-refractivity contribution in [3.63, 3.8) is 0 Å². The number of hydrogen-bond donors (Lipinski definition) is 0. The van der Waals surface area contributed by atoms with Gasteiger partial charge in [0.25, 0.3) is 11.2 Å². The first-order valence-electron chi connectivity index (χ1n) is 7.54. The number of esters is 1. The molecule has 2 rings (SSSR count). The lowest BCUT2D eigenvalue weighted by atomic mass is 10.3. The molecule has 9 nitrogen and oxygen atoms in total. The standard InChI is InChI=1S/C16H17N3O6S/c1-10(26-13-6-4-11(5-7-13)19(23)24)15(21)25-9-12-8-14(20)18(3)16(22)17(12)2/h4-8,10H,9H2,1-3H3/t10-/m1/s1. The number of ether oxygens (including phenoxy) is 1. The molecule has 10 heteroatoms. The molecule has 0 saturated heterocycles. The molecule has 26 heavy (non-hydrogen) atoms. The second-order valence-electron chi connectivity index (χ2n) is 5.49. The topological polar surface area (TPSA) is 113 Å². The smallest absolute Gasteiger partial charge is 0.330 e. The zero-order valence-corrected chi connectivity index (χ0v) is 15.2. The molecule has 1 aromatic heterocycles. The number of aromatic nitrogens is 2. The summed E-state index contributed by atoms with van der Waals surface area (Å²) in [5.74, 6) is -0.526. The van der Waals surface area contributed by atoms with Gasteiger partial charge >= 0.3 is 11.7 Å². The summed E-state index contributed by atoms with van der Waals surface area (Å²) >= 11 is 1.19. The molecule has 0 aliphatic carbocycles. The van der Waals surface area contributed by atoms with Gasteiger partial charge in [-0.05, 0) is 19.1 Å². The third-order valence-corrected chi connectivity index (χ3v) is 4.77. The van der Waals surface area contributed by atoms with E-state index >= 15 is 0 Å². The molecule has 0 amide bonds. The van der Waals surface area contributed by atoms with Gasteiger partial charge in [-0.3, -0.25) is 28.8 Å². The summed E-state index contributed by atoms with van der Waals surface area (Å²) in [7, 11) is 2.85. The molecule has 0 N–H and O–H groups in total. The van der Waals surface area contributed by atoms with Gasteiger partial charge in [-0.2, -0.15) is 0 Å². The fraction of sp³-hybridized carbons (Fsp3) is 0.312. The Bertz CT molecular complexity index is 948. The number of nitro groups is 1. The van der Waals surface area contributed by atoms with Gasteiger partial charge in [-0.25, -0.2) is 4.79 Å². The second kappa shape index (κ2) is 8.00. The molecule has 0 saturated carbocycles. The maximum Gasteiger partial charge on any atom is 0.330 e. The van der Waals surface area contributed by atoms with E-state index in [0.717, 1.165) is 4.57 Å². The Morgan fingerprint density at radius 2 is 1.85 bits per heavy atom. The zero-order chi connectivity index (χ0) is 19.4. The van der Waals surface area contributed by atoms with E-state index < -0.39 is 27.4 Å². The van der Waals surface area contributed by atoms with E-state index in [-0.39, 0.29) is 12.3 Å². The van der Waals surface area contributed by atoms with Crippen LogP contribution in [0.3, 0.4) is 0 Å². The van der Waals surface area contributed by atoms with E-state index in [0.29, 0.717) is 10.6 Å². The predicted molar refractivity (Wildman–Crippen MR) is 95.1 cm³/mol. The summed E-state index contributed by atoms with van der Waals surface area (Å²) in [5.41, 5.74) is -0.723. The lowest BCUT2D eigenvalue weighted by Crippen LogP contribution is -2.38. The summed E-state index contributed by atoms with van der Waals surface area (Å²) < 4.78 is 7.37. The molecule has 138 valence electrons. The second-order valence-corrected chi connectivity index (χ2v) is 6.91. The van der Waals surface area contributed by atoms with Gasteiger partial charge in [0.1, 0.15) is 11.9 Å². The Kier molecular flexibility index (Phi) is 5.98. The van der Waals surface area contributed by atoms with Crippen molar-refractivity contribution in [2.24, 2.45) is 14.1 Å². The highest BCUT2D eigenvalue weighted by Gasteiger charge is 2.18. The van der Waals surface area contributed by atoms with E-state index in [1.54, 1.807) is 19.1 Å². The van der Waals surface area contributed by atoms with Crippen LogP contribution in [0.2, 0.25) is 0 Å². The number of benzene rings is 1. The third-order valence-electron chi connectivity index (χ3n) is 3.68. The minimum Gasteiger partial charge on any atom is -0.458 e. The van der Waals surface area contributed by atoms with E-state index in [2.05, 4.69) is 0 Å². The van der Waals surface area contributed by atoms with Crippen LogP contribution < -0.4 is 11.2 Å². The predicted octanol–water partition coefficient (Wildman–Crippen LogP) is 1.22. The Hall–Kier alpha value is -2.88. The largest absolute Gasteiger partial charge is 0.458 e. The number of nitrogens with zero attached hydrogens (tertiary/aromatic N) is 3. The average Bonchev–Trinajstić information content (AvgIpc) is 2.61. The lowest BCUT2D eigenvalue weighted by molar-refractivity contribution is -0.384. The van der Waals surface area contributed by atoms with Gasteiger partial charge in [0, 0.05) is 37.2 Å². The van der Waals surface area contributed by atoms with Crippen LogP contribution in [-0.4, -0.2) is 25.3 Å². The first-order chi connectivity index (χ1) is 12.2. The summed E-state index contributed by atoms with van der Waals surface area (Å²) in [5, 5.41) is 10.1. The minimum absolute atomic E-state index is 0.0313. The van der Waals surface area contributed by atoms with Crippen LogP contribution in [0.1, 0.15) is 12.6 Å². The van der Waals surface area contributed by atoms with Crippen molar-refractivity contribution in [3.05, 3.63) is 67.0 Å². The number of non-ortho nitro benzene ring substituents is 1. The van der Waals surface area contributed by atoms with E-state index in [4.69, 9.17) is 4.74 Å². The molecule has 1 atom stereocenters. The first kappa shape index (κ1) is 19.4. The molecule has 0 radical (unpaired) electrons. The van der Waals surface area contributed by atoms with E-state index in [1.165, 1.54) is 48.6 Å². The molecule has 0 fully saturated rings. The number of thioether (sulfide) groups is 1. The molecule has 0 spiro atoms. The van der Waals surface area contributed by atoms with Crippen LogP contribution in [0.5, 0.6) is 0 Å². The summed E-state index contributed by atoms with van der Waals surface area (Å²) in [6.07, 6.45) is 0. The van der Waals surface area contributed by atoms with E-state index in [1.807, 2.05) is 0 Å². The number of rotatable bonds is 6. The number of carbonyl (C=O) groups excluding carboxylic acids is 1. The van der Waals surface area contributed by atoms with Crippen LogP contribution in [0.25, 0.3) is 0 Å². The Morgan fingerprint density at radius 3 is 2.42 bits per heavy atom. The van der Waals surface area contributed by atoms with Gasteiger partial charge in [0.15, 0.2) is 0 Å². The van der Waals surface area contributed by atoms with Crippen molar-refractivity contribution in [1.29, 1.82) is 0 Å². The first-order valence-corrected chi connectivity index (χ1v) is 8.42. The number of nitro benzene ring substituents is 1. The molecule has 1 aromatic carbocycles. The zero-order valence-electron chi connectivity index (χ0n) is 14.4. The molecule has 0 bridgehead atoms. The van der Waals surface area contributed by atoms with Gasteiger partial charge < -0.3 is 4.74 Å². The summed E-state index contributed by atoms with van der Waals surface area (Å²) in [4.78, 5) is 46.4. The van der Waals surface area contributed by atoms with Crippen molar-refractivity contribution in [2.75, 3.05) is 0 Å². The number of carbonyl (C=O) groups is 1. The SMILES string of the molecule is C[C@@H](Sc1ccc([N+](=O)[O-])cc1)C(=O)OCc1cc(=O)n(C)c(=O)n1C. The highest BCUT2D eigenvalue weighted by Crippen LogP contribution is 2.26. The van der Waals surface area contributed by atoms with Gasteiger partial charge in [-0.1, -0.05) is 0 Å².